The van der Waals surface area contributed by atoms with Crippen LogP contribution in [0.5, 0.6) is 0 Å². The third kappa shape index (κ3) is 3.86. The van der Waals surface area contributed by atoms with Crippen molar-refractivity contribution in [3.8, 4) is 0 Å². The lowest BCUT2D eigenvalue weighted by molar-refractivity contribution is 0.332. The van der Waals surface area contributed by atoms with Gasteiger partial charge < -0.3 is 5.32 Å². The molecule has 2 aliphatic rings. The van der Waals surface area contributed by atoms with E-state index in [0.29, 0.717) is 12.0 Å². The highest BCUT2D eigenvalue weighted by Crippen LogP contribution is 2.36. The maximum Gasteiger partial charge on any atom is 0.166 e. The van der Waals surface area contributed by atoms with Gasteiger partial charge in [-0.3, -0.25) is 4.99 Å². The first-order chi connectivity index (χ1) is 13.3. The molecule has 0 bridgehead atoms. The van der Waals surface area contributed by atoms with E-state index in [9.17, 15) is 0 Å². The molecule has 6 heteroatoms. The highest BCUT2D eigenvalue weighted by atomic mass is 32.2. The molecule has 0 saturated heterocycles. The third-order valence-electron chi connectivity index (χ3n) is 5.29. The van der Waals surface area contributed by atoms with Crippen molar-refractivity contribution < 1.29 is 0 Å². The Bertz CT molecular complexity index is 847. The van der Waals surface area contributed by atoms with Crippen LogP contribution in [-0.2, 0) is 0 Å². The summed E-state index contributed by atoms with van der Waals surface area (Å²) in [4.78, 5) is 10.3. The summed E-state index contributed by atoms with van der Waals surface area (Å²) in [5.41, 5.74) is 2.33. The van der Waals surface area contributed by atoms with Crippen molar-refractivity contribution in [2.24, 2.45) is 10.9 Å². The number of anilines is 1. The number of allylic oxidation sites excluding steroid dienone is 2. The molecule has 2 atom stereocenters. The van der Waals surface area contributed by atoms with Gasteiger partial charge in [0.05, 0.1) is 12.1 Å². The van der Waals surface area contributed by atoms with Crippen LogP contribution in [0.3, 0.4) is 0 Å². The number of thioether (sulfide) groups is 1. The van der Waals surface area contributed by atoms with Gasteiger partial charge in [0.25, 0.3) is 0 Å². The van der Waals surface area contributed by atoms with E-state index in [2.05, 4.69) is 71.7 Å². The second kappa shape index (κ2) is 8.13. The van der Waals surface area contributed by atoms with Gasteiger partial charge in [0.15, 0.2) is 5.17 Å². The summed E-state index contributed by atoms with van der Waals surface area (Å²) in [6.07, 6.45) is 13.1. The molecule has 27 heavy (non-hydrogen) atoms. The van der Waals surface area contributed by atoms with Crippen LogP contribution in [0.25, 0.3) is 0 Å². The fraction of sp³-hybridized carbons (Fsp3) is 0.381. The Morgan fingerprint density at radius 3 is 2.70 bits per heavy atom. The Balaban J connectivity index is 1.51. The fourth-order valence-corrected chi connectivity index (χ4v) is 4.78. The second-order valence-corrected chi connectivity index (χ2v) is 7.99. The van der Waals surface area contributed by atoms with Crippen LogP contribution in [0.2, 0.25) is 0 Å². The standard InChI is InChI=1S/C21H25N5S/c1-3-15(4-2)20(26-14-22-13-23-26)16-9-11-17(12-10-16)24-21-25-18-7-5-6-8-19(18)27-21/h5-6,8-15,18,20H,3-4,7H2,1-2H3,(H,24,25). The Labute approximate surface area is 164 Å². The molecule has 1 aromatic carbocycles. The van der Waals surface area contributed by atoms with Gasteiger partial charge in [-0.05, 0) is 30.0 Å². The molecule has 2 unspecified atom stereocenters. The fourth-order valence-electron chi connectivity index (χ4n) is 3.78. The lowest BCUT2D eigenvalue weighted by Crippen LogP contribution is -2.20. The first-order valence-corrected chi connectivity index (χ1v) is 10.4. The van der Waals surface area contributed by atoms with Gasteiger partial charge in [-0.2, -0.15) is 5.10 Å². The largest absolute Gasteiger partial charge is 0.335 e. The first kappa shape index (κ1) is 18.0. The SMILES string of the molecule is CCC(CC)C(c1ccc(NC2=NC3CC=CC=C3S2)cc1)n1cncn1. The molecule has 2 heterocycles. The van der Waals surface area contributed by atoms with Gasteiger partial charge in [-0.15, -0.1) is 0 Å². The average Bonchev–Trinajstić information content (AvgIpc) is 3.36. The predicted octanol–water partition coefficient (Wildman–Crippen LogP) is 5.03. The molecule has 4 rings (SSSR count). The third-order valence-corrected chi connectivity index (χ3v) is 6.34. The van der Waals surface area contributed by atoms with Crippen molar-refractivity contribution >= 4 is 22.6 Å². The zero-order valence-electron chi connectivity index (χ0n) is 15.7. The maximum atomic E-state index is 4.78. The number of nitrogens with zero attached hydrogens (tertiary/aromatic N) is 4. The van der Waals surface area contributed by atoms with Gasteiger partial charge in [0, 0.05) is 10.6 Å². The van der Waals surface area contributed by atoms with Gasteiger partial charge >= 0.3 is 0 Å². The minimum atomic E-state index is 0.217. The topological polar surface area (TPSA) is 55.1 Å². The predicted molar refractivity (Wildman–Crippen MR) is 113 cm³/mol. The average molecular weight is 380 g/mol. The zero-order chi connectivity index (χ0) is 18.6. The van der Waals surface area contributed by atoms with Crippen LogP contribution >= 0.6 is 11.8 Å². The summed E-state index contributed by atoms with van der Waals surface area (Å²) in [5.74, 6) is 0.530. The van der Waals surface area contributed by atoms with Crippen LogP contribution in [0, 0.1) is 5.92 Å². The molecule has 2 aromatic rings. The van der Waals surface area contributed by atoms with Gasteiger partial charge in [0.1, 0.15) is 12.7 Å². The Morgan fingerprint density at radius 1 is 1.22 bits per heavy atom. The number of hydrogen-bond donors (Lipinski definition) is 1. The summed E-state index contributed by atoms with van der Waals surface area (Å²) in [6.45, 7) is 4.49. The number of rotatable bonds is 6. The second-order valence-electron chi connectivity index (χ2n) is 6.93. The van der Waals surface area contributed by atoms with Crippen molar-refractivity contribution in [3.05, 3.63) is 65.6 Å². The Morgan fingerprint density at radius 2 is 2.04 bits per heavy atom. The van der Waals surface area contributed by atoms with E-state index < -0.39 is 0 Å². The normalized spacial score (nSPS) is 19.6. The van der Waals surface area contributed by atoms with Crippen molar-refractivity contribution in [1.29, 1.82) is 0 Å². The lowest BCUT2D eigenvalue weighted by Gasteiger charge is -2.26. The molecule has 0 amide bonds. The molecule has 1 N–H and O–H groups in total. The number of aliphatic imine (C=N–C) groups is 1. The quantitative estimate of drug-likeness (QED) is 0.765. The molecule has 0 radical (unpaired) electrons. The van der Waals surface area contributed by atoms with Crippen molar-refractivity contribution in [3.63, 3.8) is 0 Å². The van der Waals surface area contributed by atoms with Crippen LogP contribution < -0.4 is 5.32 Å². The molecule has 1 aliphatic carbocycles. The number of hydrogen-bond acceptors (Lipinski definition) is 5. The molecular formula is C21H25N5S. The van der Waals surface area contributed by atoms with Gasteiger partial charge in [0.2, 0.25) is 0 Å². The molecule has 1 aliphatic heterocycles. The van der Waals surface area contributed by atoms with E-state index in [1.54, 1.807) is 18.1 Å². The van der Waals surface area contributed by atoms with Crippen molar-refractivity contribution in [2.45, 2.75) is 45.2 Å². The molecule has 0 fully saturated rings. The smallest absolute Gasteiger partial charge is 0.166 e. The monoisotopic (exact) mass is 379 g/mol. The van der Waals surface area contributed by atoms with Crippen molar-refractivity contribution in [1.82, 2.24) is 14.8 Å². The molecular weight excluding hydrogens is 354 g/mol. The number of fused-ring (bicyclic) bond motifs is 1. The van der Waals surface area contributed by atoms with Crippen LogP contribution in [-0.4, -0.2) is 26.0 Å². The summed E-state index contributed by atoms with van der Waals surface area (Å²) < 4.78 is 1.99. The van der Waals surface area contributed by atoms with E-state index in [1.165, 1.54) is 10.5 Å². The number of nitrogens with one attached hydrogen (secondary N) is 1. The molecule has 140 valence electrons. The highest BCUT2D eigenvalue weighted by molar-refractivity contribution is 8.17. The van der Waals surface area contributed by atoms with E-state index >= 15 is 0 Å². The highest BCUT2D eigenvalue weighted by Gasteiger charge is 2.25. The summed E-state index contributed by atoms with van der Waals surface area (Å²) >= 11 is 1.74. The van der Waals surface area contributed by atoms with Crippen molar-refractivity contribution in [2.75, 3.05) is 5.32 Å². The van der Waals surface area contributed by atoms with E-state index in [0.717, 1.165) is 30.1 Å². The Hall–Kier alpha value is -2.34. The summed E-state index contributed by atoms with van der Waals surface area (Å²) in [6, 6.07) is 9.18. The molecule has 0 saturated carbocycles. The number of aromatic nitrogens is 3. The Kier molecular flexibility index (Phi) is 5.43. The van der Waals surface area contributed by atoms with Gasteiger partial charge in [-0.1, -0.05) is 68.8 Å². The molecule has 0 spiro atoms. The minimum Gasteiger partial charge on any atom is -0.335 e. The number of benzene rings is 1. The van der Waals surface area contributed by atoms with E-state index in [1.807, 2.05) is 11.0 Å². The maximum absolute atomic E-state index is 4.78. The minimum absolute atomic E-state index is 0.217. The summed E-state index contributed by atoms with van der Waals surface area (Å²) in [7, 11) is 0. The van der Waals surface area contributed by atoms with E-state index in [4.69, 9.17) is 4.99 Å². The van der Waals surface area contributed by atoms with E-state index in [-0.39, 0.29) is 6.04 Å². The number of amidine groups is 1. The van der Waals surface area contributed by atoms with Crippen LogP contribution in [0.4, 0.5) is 5.69 Å². The van der Waals surface area contributed by atoms with Crippen LogP contribution in [0.1, 0.15) is 44.7 Å². The first-order valence-electron chi connectivity index (χ1n) is 9.62. The molecule has 1 aromatic heterocycles. The lowest BCUT2D eigenvalue weighted by atomic mass is 9.89. The van der Waals surface area contributed by atoms with Crippen LogP contribution in [0.15, 0.2) is 65.0 Å². The summed E-state index contributed by atoms with van der Waals surface area (Å²) in [5, 5.41) is 8.86. The zero-order valence-corrected chi connectivity index (χ0v) is 16.6. The molecule has 5 nitrogen and oxygen atoms in total. The van der Waals surface area contributed by atoms with Gasteiger partial charge in [-0.25, -0.2) is 9.67 Å².